The number of hydrogen-bond donors (Lipinski definition) is 2. The molecule has 0 aromatic heterocycles. The molecule has 7 heteroatoms. The Morgan fingerprint density at radius 1 is 1.00 bits per heavy atom. The number of unbranched alkanes of at least 4 members (excludes halogenated alkanes) is 1. The maximum Gasteiger partial charge on any atom is 0.311 e. The molecular formula is C23H22N2O5. The van der Waals surface area contributed by atoms with Crippen LogP contribution >= 0.6 is 0 Å². The number of benzene rings is 3. The van der Waals surface area contributed by atoms with Gasteiger partial charge in [0.2, 0.25) is 0 Å². The lowest BCUT2D eigenvalue weighted by Gasteiger charge is -2.10. The van der Waals surface area contributed by atoms with Gasteiger partial charge >= 0.3 is 5.69 Å². The minimum Gasteiger partial charge on any atom is -0.506 e. The number of phenols is 1. The molecule has 0 aliphatic heterocycles. The SMILES string of the molecule is O=C(Nc1ccccc1O)c1ccc(OCCCCc2ccccc2)c([N+](=O)[O-])c1. The summed E-state index contributed by atoms with van der Waals surface area (Å²) < 4.78 is 5.60. The zero-order valence-corrected chi connectivity index (χ0v) is 16.3. The van der Waals surface area contributed by atoms with Crippen LogP contribution in [0.5, 0.6) is 11.5 Å². The van der Waals surface area contributed by atoms with Gasteiger partial charge in [-0.05, 0) is 49.1 Å². The summed E-state index contributed by atoms with van der Waals surface area (Å²) in [6.07, 6.45) is 2.57. The number of nitrogens with one attached hydrogen (secondary N) is 1. The van der Waals surface area contributed by atoms with E-state index in [0.717, 1.165) is 19.3 Å². The predicted octanol–water partition coefficient (Wildman–Crippen LogP) is 4.95. The number of nitro benzene ring substituents is 1. The highest BCUT2D eigenvalue weighted by Gasteiger charge is 2.19. The summed E-state index contributed by atoms with van der Waals surface area (Å²) >= 11 is 0. The molecule has 0 fully saturated rings. The second-order valence-corrected chi connectivity index (χ2v) is 6.70. The van der Waals surface area contributed by atoms with Gasteiger partial charge < -0.3 is 15.2 Å². The van der Waals surface area contributed by atoms with E-state index in [1.807, 2.05) is 18.2 Å². The van der Waals surface area contributed by atoms with Crippen molar-refractivity contribution in [1.82, 2.24) is 0 Å². The topological polar surface area (TPSA) is 102 Å². The molecule has 154 valence electrons. The normalized spacial score (nSPS) is 10.4. The fourth-order valence-electron chi connectivity index (χ4n) is 2.96. The third-order valence-electron chi connectivity index (χ3n) is 4.53. The number of para-hydroxylation sites is 2. The van der Waals surface area contributed by atoms with E-state index in [4.69, 9.17) is 4.74 Å². The molecule has 0 aliphatic carbocycles. The maximum absolute atomic E-state index is 12.4. The molecule has 0 aliphatic rings. The van der Waals surface area contributed by atoms with E-state index in [1.165, 1.54) is 35.9 Å². The molecular weight excluding hydrogens is 384 g/mol. The van der Waals surface area contributed by atoms with E-state index in [0.29, 0.717) is 6.61 Å². The number of hydrogen-bond acceptors (Lipinski definition) is 5. The number of nitro groups is 1. The van der Waals surface area contributed by atoms with E-state index in [-0.39, 0.29) is 28.4 Å². The number of anilines is 1. The molecule has 3 aromatic rings. The number of carbonyl (C=O) groups is 1. The number of rotatable bonds is 9. The largest absolute Gasteiger partial charge is 0.506 e. The van der Waals surface area contributed by atoms with Gasteiger partial charge in [-0.2, -0.15) is 0 Å². The van der Waals surface area contributed by atoms with Gasteiger partial charge in [0.05, 0.1) is 17.2 Å². The van der Waals surface area contributed by atoms with Crippen molar-refractivity contribution in [2.45, 2.75) is 19.3 Å². The van der Waals surface area contributed by atoms with Gasteiger partial charge in [-0.15, -0.1) is 0 Å². The van der Waals surface area contributed by atoms with Crippen LogP contribution in [0.4, 0.5) is 11.4 Å². The Kier molecular flexibility index (Phi) is 7.00. The van der Waals surface area contributed by atoms with Gasteiger partial charge in [0.1, 0.15) is 5.75 Å². The number of nitrogens with zero attached hydrogens (tertiary/aromatic N) is 1. The van der Waals surface area contributed by atoms with Gasteiger partial charge in [0.15, 0.2) is 5.75 Å². The molecule has 30 heavy (non-hydrogen) atoms. The molecule has 0 saturated heterocycles. The first-order valence-electron chi connectivity index (χ1n) is 9.59. The van der Waals surface area contributed by atoms with Crippen LogP contribution in [-0.4, -0.2) is 22.5 Å². The molecule has 0 heterocycles. The third-order valence-corrected chi connectivity index (χ3v) is 4.53. The molecule has 0 atom stereocenters. The monoisotopic (exact) mass is 406 g/mol. The minimum atomic E-state index is -0.573. The Morgan fingerprint density at radius 2 is 1.73 bits per heavy atom. The van der Waals surface area contributed by atoms with Crippen molar-refractivity contribution in [1.29, 1.82) is 0 Å². The third kappa shape index (κ3) is 5.57. The number of phenolic OH excluding ortho intramolecular Hbond substituents is 1. The number of ether oxygens (including phenoxy) is 1. The smallest absolute Gasteiger partial charge is 0.311 e. The summed E-state index contributed by atoms with van der Waals surface area (Å²) in [6, 6.07) is 20.4. The summed E-state index contributed by atoms with van der Waals surface area (Å²) in [5, 5.41) is 23.7. The highest BCUT2D eigenvalue weighted by atomic mass is 16.6. The Labute approximate surface area is 174 Å². The van der Waals surface area contributed by atoms with Gasteiger partial charge in [0.25, 0.3) is 5.91 Å². The van der Waals surface area contributed by atoms with Crippen LogP contribution in [0.15, 0.2) is 72.8 Å². The molecule has 0 radical (unpaired) electrons. The highest BCUT2D eigenvalue weighted by molar-refractivity contribution is 6.05. The van der Waals surface area contributed by atoms with Crippen LogP contribution in [0, 0.1) is 10.1 Å². The molecule has 3 aromatic carbocycles. The van der Waals surface area contributed by atoms with E-state index >= 15 is 0 Å². The highest BCUT2D eigenvalue weighted by Crippen LogP contribution is 2.29. The lowest BCUT2D eigenvalue weighted by Crippen LogP contribution is -2.12. The minimum absolute atomic E-state index is 0.0872. The summed E-state index contributed by atoms with van der Waals surface area (Å²) in [6.45, 7) is 0.344. The van der Waals surface area contributed by atoms with Gasteiger partial charge in [-0.3, -0.25) is 14.9 Å². The molecule has 2 N–H and O–H groups in total. The van der Waals surface area contributed by atoms with Crippen molar-refractivity contribution in [3.05, 3.63) is 94.0 Å². The first-order valence-corrected chi connectivity index (χ1v) is 9.59. The van der Waals surface area contributed by atoms with E-state index in [2.05, 4.69) is 17.4 Å². The van der Waals surface area contributed by atoms with Crippen molar-refractivity contribution < 1.29 is 19.6 Å². The lowest BCUT2D eigenvalue weighted by molar-refractivity contribution is -0.385. The summed E-state index contributed by atoms with van der Waals surface area (Å²) in [7, 11) is 0. The Bertz CT molecular complexity index is 1020. The van der Waals surface area contributed by atoms with Crippen LogP contribution in [0.3, 0.4) is 0 Å². The zero-order chi connectivity index (χ0) is 21.3. The number of aryl methyl sites for hydroxylation is 1. The molecule has 0 spiro atoms. The standard InChI is InChI=1S/C23H22N2O5/c26-21-12-5-4-11-19(21)24-23(27)18-13-14-22(20(16-18)25(28)29)30-15-7-6-10-17-8-2-1-3-9-17/h1-5,8-9,11-14,16,26H,6-7,10,15H2,(H,24,27). The Balaban J connectivity index is 1.60. The predicted molar refractivity (Wildman–Crippen MR) is 114 cm³/mol. The average Bonchev–Trinajstić information content (AvgIpc) is 2.75. The Hall–Kier alpha value is -3.87. The first kappa shape index (κ1) is 20.9. The summed E-state index contributed by atoms with van der Waals surface area (Å²) in [5.41, 5.74) is 1.29. The molecule has 0 unspecified atom stereocenters. The van der Waals surface area contributed by atoms with E-state index < -0.39 is 10.8 Å². The molecule has 3 rings (SSSR count). The van der Waals surface area contributed by atoms with Crippen molar-refractivity contribution in [3.8, 4) is 11.5 Å². The van der Waals surface area contributed by atoms with Crippen molar-refractivity contribution in [3.63, 3.8) is 0 Å². The van der Waals surface area contributed by atoms with Gasteiger partial charge in [-0.25, -0.2) is 0 Å². The molecule has 0 saturated carbocycles. The number of amides is 1. The van der Waals surface area contributed by atoms with Crippen LogP contribution in [0.1, 0.15) is 28.8 Å². The van der Waals surface area contributed by atoms with E-state index in [9.17, 15) is 20.0 Å². The van der Waals surface area contributed by atoms with E-state index in [1.54, 1.807) is 12.1 Å². The second kappa shape index (κ2) is 10.1. The summed E-state index contributed by atoms with van der Waals surface area (Å²) in [5.74, 6) is -0.524. The van der Waals surface area contributed by atoms with Crippen LogP contribution in [0.2, 0.25) is 0 Å². The zero-order valence-electron chi connectivity index (χ0n) is 16.3. The lowest BCUT2D eigenvalue weighted by atomic mass is 10.1. The number of carbonyl (C=O) groups excluding carboxylic acids is 1. The van der Waals surface area contributed by atoms with Gasteiger partial charge in [-0.1, -0.05) is 42.5 Å². The van der Waals surface area contributed by atoms with Crippen LogP contribution < -0.4 is 10.1 Å². The molecule has 0 bridgehead atoms. The summed E-state index contributed by atoms with van der Waals surface area (Å²) in [4.78, 5) is 23.3. The van der Waals surface area contributed by atoms with Gasteiger partial charge in [0, 0.05) is 11.6 Å². The first-order chi connectivity index (χ1) is 14.5. The van der Waals surface area contributed by atoms with Crippen molar-refractivity contribution >= 4 is 17.3 Å². The van der Waals surface area contributed by atoms with Crippen molar-refractivity contribution in [2.24, 2.45) is 0 Å². The number of aromatic hydroxyl groups is 1. The Morgan fingerprint density at radius 3 is 2.47 bits per heavy atom. The second-order valence-electron chi connectivity index (χ2n) is 6.70. The van der Waals surface area contributed by atoms with Crippen molar-refractivity contribution in [2.75, 3.05) is 11.9 Å². The fraction of sp³-hybridized carbons (Fsp3) is 0.174. The maximum atomic E-state index is 12.4. The van der Waals surface area contributed by atoms with Crippen LogP contribution in [-0.2, 0) is 6.42 Å². The fourth-order valence-corrected chi connectivity index (χ4v) is 2.96. The molecule has 7 nitrogen and oxygen atoms in total. The quantitative estimate of drug-likeness (QED) is 0.226. The molecule has 1 amide bonds. The average molecular weight is 406 g/mol. The van der Waals surface area contributed by atoms with Crippen LogP contribution in [0.25, 0.3) is 0 Å².